The molecule has 0 aliphatic carbocycles. The van der Waals surface area contributed by atoms with Crippen molar-refractivity contribution in [3.8, 4) is 5.75 Å². The molecule has 3 aliphatic heterocycles. The Morgan fingerprint density at radius 1 is 1.02 bits per heavy atom. The van der Waals surface area contributed by atoms with Crippen molar-refractivity contribution in [2.75, 3.05) is 41.4 Å². The van der Waals surface area contributed by atoms with Gasteiger partial charge in [0.1, 0.15) is 30.2 Å². The van der Waals surface area contributed by atoms with Crippen molar-refractivity contribution < 1.29 is 52.6 Å². The Balaban J connectivity index is 1.32. The maximum atomic E-state index is 13.8. The van der Waals surface area contributed by atoms with Crippen molar-refractivity contribution >= 4 is 39.0 Å². The van der Waals surface area contributed by atoms with Crippen LogP contribution in [0.1, 0.15) is 13.3 Å². The van der Waals surface area contributed by atoms with Gasteiger partial charge in [-0.25, -0.2) is 13.2 Å². The summed E-state index contributed by atoms with van der Waals surface area (Å²) in [4.78, 5) is 27.9. The summed E-state index contributed by atoms with van der Waals surface area (Å²) in [7, 11) is -0.553. The minimum Gasteiger partial charge on any atom is -0.497 e. The van der Waals surface area contributed by atoms with Crippen LogP contribution in [0.15, 0.2) is 47.4 Å². The topological polar surface area (TPSA) is 187 Å². The lowest BCUT2D eigenvalue weighted by molar-refractivity contribution is -0.300. The van der Waals surface area contributed by atoms with Crippen LogP contribution in [0.5, 0.6) is 5.75 Å². The molecule has 1 amide bonds. The number of amides is 1. The number of aliphatic hydroxyl groups excluding tert-OH is 3. The zero-order chi connectivity index (χ0) is 30.5. The van der Waals surface area contributed by atoms with Gasteiger partial charge < -0.3 is 44.4 Å². The number of methoxy groups -OCH3 is 1. The van der Waals surface area contributed by atoms with E-state index in [4.69, 9.17) is 14.2 Å². The predicted molar refractivity (Wildman–Crippen MR) is 148 cm³/mol. The van der Waals surface area contributed by atoms with Gasteiger partial charge >= 0.3 is 5.97 Å². The lowest BCUT2D eigenvalue weighted by atomic mass is 9.99. The van der Waals surface area contributed by atoms with Crippen LogP contribution in [0.3, 0.4) is 0 Å². The summed E-state index contributed by atoms with van der Waals surface area (Å²) in [6.07, 6.45) is -10.0. The second-order valence-electron chi connectivity index (χ2n) is 10.5. The molecule has 2 saturated heterocycles. The molecule has 2 aromatic carbocycles. The normalized spacial score (nSPS) is 29.9. The second-order valence-corrected chi connectivity index (χ2v) is 12.3. The number of carboxylic acids is 1. The smallest absolute Gasteiger partial charge is 0.335 e. The van der Waals surface area contributed by atoms with Crippen LogP contribution in [-0.2, 0) is 29.1 Å². The maximum absolute atomic E-state index is 13.8. The molecule has 0 aromatic heterocycles. The third-order valence-electron chi connectivity index (χ3n) is 7.74. The minimum atomic E-state index is -3.98. The van der Waals surface area contributed by atoms with E-state index in [1.807, 2.05) is 18.9 Å². The highest BCUT2D eigenvalue weighted by Crippen LogP contribution is 2.40. The van der Waals surface area contributed by atoms with E-state index in [0.717, 1.165) is 0 Å². The maximum Gasteiger partial charge on any atom is 0.335 e. The van der Waals surface area contributed by atoms with Crippen LogP contribution < -0.4 is 18.8 Å². The molecular formula is C27H33N3O11S. The molecule has 3 aliphatic rings. The predicted octanol–water partition coefficient (Wildman–Crippen LogP) is -0.257. The number of fused-ring (bicyclic) bond motifs is 1. The molecule has 2 unspecified atom stereocenters. The van der Waals surface area contributed by atoms with Gasteiger partial charge in [0.25, 0.3) is 15.9 Å². The summed E-state index contributed by atoms with van der Waals surface area (Å²) < 4.78 is 45.0. The first-order valence-corrected chi connectivity index (χ1v) is 14.7. The fraction of sp³-hybridized carbons (Fsp3) is 0.481. The molecule has 15 heteroatoms. The van der Waals surface area contributed by atoms with E-state index in [1.165, 1.54) is 33.5 Å². The van der Waals surface area contributed by atoms with E-state index in [2.05, 4.69) is 0 Å². The zero-order valence-corrected chi connectivity index (χ0v) is 23.9. The molecule has 0 radical (unpaired) electrons. The summed E-state index contributed by atoms with van der Waals surface area (Å²) in [6.45, 7) is 2.48. The number of sulfonamides is 1. The number of benzene rings is 2. The molecule has 7 atom stereocenters. The molecule has 0 saturated carbocycles. The lowest BCUT2D eigenvalue weighted by Gasteiger charge is -2.41. The molecule has 42 heavy (non-hydrogen) atoms. The fourth-order valence-electron chi connectivity index (χ4n) is 5.57. The van der Waals surface area contributed by atoms with Crippen LogP contribution in [-0.4, -0.2) is 111 Å². The Bertz CT molecular complexity index is 1450. The number of carbonyl (C=O) groups is 2. The van der Waals surface area contributed by atoms with Gasteiger partial charge in [-0.15, -0.1) is 0 Å². The molecule has 2 aromatic rings. The number of hydrogen-bond acceptors (Lipinski definition) is 11. The zero-order valence-electron chi connectivity index (χ0n) is 23.1. The molecule has 2 fully saturated rings. The molecule has 0 spiro atoms. The van der Waals surface area contributed by atoms with E-state index in [1.54, 1.807) is 25.3 Å². The first-order valence-electron chi connectivity index (χ1n) is 13.3. The Hall–Kier alpha value is -3.47. The summed E-state index contributed by atoms with van der Waals surface area (Å²) in [6, 6.07) is 10.7. The van der Waals surface area contributed by atoms with Crippen molar-refractivity contribution in [3.63, 3.8) is 0 Å². The van der Waals surface area contributed by atoms with Crippen LogP contribution in [0.4, 0.5) is 17.1 Å². The Morgan fingerprint density at radius 2 is 1.71 bits per heavy atom. The van der Waals surface area contributed by atoms with Crippen molar-refractivity contribution in [2.45, 2.75) is 61.1 Å². The quantitative estimate of drug-likeness (QED) is 0.324. The third kappa shape index (κ3) is 5.16. The Labute approximate surface area is 242 Å². The third-order valence-corrected chi connectivity index (χ3v) is 9.68. The van der Waals surface area contributed by atoms with Crippen LogP contribution >= 0.6 is 0 Å². The van der Waals surface area contributed by atoms with E-state index in [9.17, 15) is 38.4 Å². The molecule has 228 valence electrons. The molecule has 14 nitrogen and oxygen atoms in total. The number of carbonyl (C=O) groups excluding carboxylic acids is 1. The van der Waals surface area contributed by atoms with Gasteiger partial charge in [-0.3, -0.25) is 9.10 Å². The van der Waals surface area contributed by atoms with Crippen molar-refractivity contribution in [2.24, 2.45) is 0 Å². The summed E-state index contributed by atoms with van der Waals surface area (Å²) >= 11 is 0. The fourth-order valence-corrected chi connectivity index (χ4v) is 7.23. The van der Waals surface area contributed by atoms with Gasteiger partial charge in [-0.2, -0.15) is 0 Å². The van der Waals surface area contributed by atoms with E-state index in [0.29, 0.717) is 29.4 Å². The van der Waals surface area contributed by atoms with Crippen molar-refractivity contribution in [1.82, 2.24) is 0 Å². The number of nitrogens with zero attached hydrogens (tertiary/aromatic N) is 3. The number of rotatable bonds is 7. The van der Waals surface area contributed by atoms with Crippen LogP contribution in [0.2, 0.25) is 0 Å². The second kappa shape index (κ2) is 11.3. The molecule has 4 N–H and O–H groups in total. The first kappa shape index (κ1) is 30.0. The minimum absolute atomic E-state index is 0.0369. The van der Waals surface area contributed by atoms with Crippen LogP contribution in [0.25, 0.3) is 0 Å². The molecule has 0 bridgehead atoms. The SMILES string of the molecule is COc1ccc2c(c1)N(C)CC(C)N2S(=O)(=O)c1ccc(N2CCC(O[C@H]3O[C@H](C(=O)O)[C@@H](O)[C@H](O)[C@H]3O)C2=O)cc1. The Morgan fingerprint density at radius 3 is 2.36 bits per heavy atom. The highest BCUT2D eigenvalue weighted by atomic mass is 32.2. The van der Waals surface area contributed by atoms with Gasteiger partial charge in [-0.1, -0.05) is 0 Å². The average molecular weight is 608 g/mol. The number of carboxylic acid groups (broad SMARTS) is 1. The monoisotopic (exact) mass is 607 g/mol. The molecule has 3 heterocycles. The van der Waals surface area contributed by atoms with Gasteiger partial charge in [-0.05, 0) is 43.3 Å². The number of likely N-dealkylation sites (N-methyl/N-ethyl adjacent to an activating group) is 1. The van der Waals surface area contributed by atoms with Gasteiger partial charge in [0.05, 0.1) is 29.4 Å². The lowest BCUT2D eigenvalue weighted by Crippen LogP contribution is -2.61. The average Bonchev–Trinajstić information content (AvgIpc) is 3.32. The van der Waals surface area contributed by atoms with E-state index in [-0.39, 0.29) is 23.9 Å². The van der Waals surface area contributed by atoms with E-state index < -0.39 is 58.7 Å². The highest BCUT2D eigenvalue weighted by Gasteiger charge is 2.49. The number of hydrogen-bond donors (Lipinski definition) is 4. The van der Waals surface area contributed by atoms with Gasteiger partial charge in [0.15, 0.2) is 12.4 Å². The summed E-state index contributed by atoms with van der Waals surface area (Å²) in [5.41, 5.74) is 1.64. The van der Waals surface area contributed by atoms with Crippen molar-refractivity contribution in [1.29, 1.82) is 0 Å². The molecular weight excluding hydrogens is 574 g/mol. The highest BCUT2D eigenvalue weighted by molar-refractivity contribution is 7.92. The number of aliphatic carboxylic acids is 1. The van der Waals surface area contributed by atoms with E-state index >= 15 is 0 Å². The first-order chi connectivity index (χ1) is 19.8. The Kier molecular flexibility index (Phi) is 8.08. The summed E-state index contributed by atoms with van der Waals surface area (Å²) in [5.74, 6) is -1.48. The number of aliphatic hydroxyl groups is 3. The standard InChI is InChI=1S/C27H33N3O11S/c1-14-13-28(2)19-12-16(39-3)6-9-18(19)30(14)42(37,38)17-7-4-15(5-8-17)29-11-10-20(25(29)34)40-27-23(33)21(31)22(32)24(41-27)26(35)36/h4-9,12,14,20-24,27,31-33H,10-11,13H2,1-3H3,(H,35,36)/t14?,20?,21-,22-,23+,24-,27-/m0/s1. The van der Waals surface area contributed by atoms with Gasteiger partial charge in [0.2, 0.25) is 0 Å². The van der Waals surface area contributed by atoms with Crippen LogP contribution in [0, 0.1) is 0 Å². The number of anilines is 3. The van der Waals surface area contributed by atoms with Crippen molar-refractivity contribution in [3.05, 3.63) is 42.5 Å². The largest absolute Gasteiger partial charge is 0.497 e. The molecule has 5 rings (SSSR count). The van der Waals surface area contributed by atoms with Gasteiger partial charge in [0, 0.05) is 38.3 Å². The number of ether oxygens (including phenoxy) is 3. The summed E-state index contributed by atoms with van der Waals surface area (Å²) in [5, 5.41) is 39.3.